The maximum absolute atomic E-state index is 13.4. The molecule has 1 N–H and O–H groups in total. The monoisotopic (exact) mass is 590 g/mol. The van der Waals surface area contributed by atoms with E-state index in [-0.39, 0.29) is 0 Å². The molecule has 0 aliphatic heterocycles. The van der Waals surface area contributed by atoms with Gasteiger partial charge in [0.05, 0.1) is 0 Å². The lowest BCUT2D eigenvalue weighted by Crippen LogP contribution is -2.74. The predicted octanol–water partition coefficient (Wildman–Crippen LogP) is 4.72. The van der Waals surface area contributed by atoms with E-state index in [1.807, 2.05) is 0 Å². The van der Waals surface area contributed by atoms with Crippen molar-refractivity contribution in [1.29, 1.82) is 0 Å². The van der Waals surface area contributed by atoms with Crippen LogP contribution in [0.15, 0.2) is 0 Å². The van der Waals surface area contributed by atoms with Gasteiger partial charge in [0.1, 0.15) is 0 Å². The first kappa shape index (κ1) is 33.1. The van der Waals surface area contributed by atoms with Gasteiger partial charge >= 0.3 is 69.2 Å². The molecule has 0 atom stereocenters. The van der Waals surface area contributed by atoms with Crippen LogP contribution in [-0.2, 0) is 19.6 Å². The van der Waals surface area contributed by atoms with E-state index >= 15 is 0 Å². The van der Waals surface area contributed by atoms with Crippen molar-refractivity contribution < 1.29 is 102 Å². The fraction of sp³-hybridized carbons (Fsp3) is 0.909. The fourth-order valence-corrected chi connectivity index (χ4v) is 1.87. The molecule has 0 aromatic heterocycles. The topological polar surface area (TPSA) is 80.7 Å². The Morgan fingerprint density at radius 1 is 0.657 bits per heavy atom. The highest BCUT2D eigenvalue weighted by Gasteiger charge is 2.93. The molecule has 35 heavy (non-hydrogen) atoms. The van der Waals surface area contributed by atoms with Gasteiger partial charge in [-0.2, -0.15) is 78.7 Å². The Kier molecular flexibility index (Phi) is 8.14. The fourth-order valence-electron chi connectivity index (χ4n) is 1.60. The Morgan fingerprint density at radius 2 is 0.971 bits per heavy atom. The van der Waals surface area contributed by atoms with E-state index in [0.29, 0.717) is 0 Å². The molecule has 0 unspecified atom stereocenters. The first-order valence-electron chi connectivity index (χ1n) is 7.27. The zero-order valence-electron chi connectivity index (χ0n) is 15.1. The maximum atomic E-state index is 13.4. The molecule has 0 aromatic carbocycles. The number of ether oxygens (including phenoxy) is 1. The number of alkyl halides is 18. The second-order valence-corrected chi connectivity index (χ2v) is 7.53. The summed E-state index contributed by atoms with van der Waals surface area (Å²) in [5, 5.41) is -6.30. The van der Waals surface area contributed by atoms with E-state index < -0.39 is 75.8 Å². The Balaban J connectivity index is 6.45. The molecular weight excluding hydrogens is 586 g/mol. The lowest BCUT2D eigenvalue weighted by atomic mass is 9.89. The van der Waals surface area contributed by atoms with Crippen LogP contribution in [0.1, 0.15) is 0 Å². The quantitative estimate of drug-likeness (QED) is 0.214. The molecule has 0 bridgehead atoms. The summed E-state index contributed by atoms with van der Waals surface area (Å²) in [5.41, 5.74) is 0. The molecule has 0 saturated heterocycles. The Morgan fingerprint density at radius 3 is 1.29 bits per heavy atom. The van der Waals surface area contributed by atoms with E-state index in [4.69, 9.17) is 4.55 Å². The van der Waals surface area contributed by atoms with Gasteiger partial charge in [-0.25, -0.2) is 13.6 Å². The van der Waals surface area contributed by atoms with E-state index in [0.717, 1.165) is 0 Å². The predicted molar refractivity (Wildman–Crippen MR) is 68.1 cm³/mol. The number of carbonyl (C=O) groups excluding carboxylic acids is 1. The Bertz CT molecular complexity index is 910. The third-order valence-corrected chi connectivity index (χ3v) is 4.49. The number of esters is 1. The van der Waals surface area contributed by atoms with Crippen molar-refractivity contribution in [1.82, 2.24) is 0 Å². The van der Waals surface area contributed by atoms with Crippen LogP contribution in [0.25, 0.3) is 0 Å². The van der Waals surface area contributed by atoms with E-state index in [9.17, 15) is 92.2 Å². The van der Waals surface area contributed by atoms with Gasteiger partial charge in [-0.15, -0.1) is 0 Å². The van der Waals surface area contributed by atoms with Crippen molar-refractivity contribution in [2.75, 3.05) is 6.61 Å². The van der Waals surface area contributed by atoms with Crippen molar-refractivity contribution >= 4 is 16.1 Å². The van der Waals surface area contributed by atoms with Crippen molar-refractivity contribution in [3.63, 3.8) is 0 Å². The van der Waals surface area contributed by atoms with Gasteiger partial charge in [-0.1, -0.05) is 0 Å². The van der Waals surface area contributed by atoms with Gasteiger partial charge in [-0.3, -0.25) is 4.55 Å². The average Bonchev–Trinajstić information content (AvgIpc) is 2.63. The third kappa shape index (κ3) is 4.65. The van der Waals surface area contributed by atoms with Crippen LogP contribution >= 0.6 is 0 Å². The van der Waals surface area contributed by atoms with Crippen molar-refractivity contribution in [2.45, 2.75) is 53.1 Å². The molecule has 0 fully saturated rings. The summed E-state index contributed by atoms with van der Waals surface area (Å²) in [6.45, 7) is -4.04. The van der Waals surface area contributed by atoms with Crippen LogP contribution in [0.2, 0.25) is 0 Å². The molecule has 0 amide bonds. The molecule has 0 heterocycles. The van der Waals surface area contributed by atoms with Gasteiger partial charge in [0.15, 0.2) is 6.61 Å². The second kappa shape index (κ2) is 8.61. The first-order valence-corrected chi connectivity index (χ1v) is 8.71. The highest BCUT2D eigenvalue weighted by molar-refractivity contribution is 7.87. The summed E-state index contributed by atoms with van der Waals surface area (Å²) >= 11 is 0. The van der Waals surface area contributed by atoms with Gasteiger partial charge in [-0.05, 0) is 0 Å². The third-order valence-electron chi connectivity index (χ3n) is 3.68. The number of hydrogen-bond acceptors (Lipinski definition) is 4. The van der Waals surface area contributed by atoms with E-state index in [1.165, 1.54) is 0 Å². The average molecular weight is 590 g/mol. The molecular formula is C11H4F18O5S. The summed E-state index contributed by atoms with van der Waals surface area (Å²) in [5.74, 6) is -61.6. The molecule has 24 heteroatoms. The number of halogens is 18. The van der Waals surface area contributed by atoms with Crippen molar-refractivity contribution in [3.05, 3.63) is 0 Å². The summed E-state index contributed by atoms with van der Waals surface area (Å²) in [4.78, 5) is 10.6. The molecule has 0 aromatic rings. The van der Waals surface area contributed by atoms with Crippen LogP contribution in [0, 0.1) is 0 Å². The summed E-state index contributed by atoms with van der Waals surface area (Å²) < 4.78 is 264. The number of carbonyl (C=O) groups is 1. The first-order chi connectivity index (χ1) is 14.8. The summed E-state index contributed by atoms with van der Waals surface area (Å²) in [7, 11) is -6.94. The molecule has 0 spiro atoms. The largest absolute Gasteiger partial charge is 0.465 e. The van der Waals surface area contributed by atoms with Gasteiger partial charge in [0.25, 0.3) is 0 Å². The molecule has 210 valence electrons. The van der Waals surface area contributed by atoms with Crippen molar-refractivity contribution in [2.24, 2.45) is 0 Å². The van der Waals surface area contributed by atoms with Crippen LogP contribution < -0.4 is 0 Å². The number of rotatable bonds is 11. The zero-order chi connectivity index (χ0) is 29.1. The lowest BCUT2D eigenvalue weighted by Gasteiger charge is -2.42. The van der Waals surface area contributed by atoms with Crippen LogP contribution in [0.4, 0.5) is 79.0 Å². The van der Waals surface area contributed by atoms with Crippen molar-refractivity contribution in [3.8, 4) is 0 Å². The van der Waals surface area contributed by atoms with Crippen LogP contribution in [-0.4, -0.2) is 78.7 Å². The van der Waals surface area contributed by atoms with E-state index in [2.05, 4.69) is 4.74 Å². The highest BCUT2D eigenvalue weighted by atomic mass is 32.2. The zero-order valence-corrected chi connectivity index (χ0v) is 15.9. The molecule has 0 aliphatic rings. The van der Waals surface area contributed by atoms with Gasteiger partial charge < -0.3 is 4.74 Å². The molecule has 0 saturated carbocycles. The molecule has 5 nitrogen and oxygen atoms in total. The SMILES string of the molecule is O=C(OCC(F)(F)C(F)(F)C(F)(F)C(F)(F)C(F)(F)C(F)(F)C(F)(F)C(F)F)C(F)(F)S(=O)(=O)O. The Labute approximate surface area is 178 Å². The summed E-state index contributed by atoms with van der Waals surface area (Å²) in [6.07, 6.45) is -6.04. The maximum Gasteiger partial charge on any atom is 0.465 e. The minimum atomic E-state index is -8.77. The molecule has 0 radical (unpaired) electrons. The van der Waals surface area contributed by atoms with Crippen LogP contribution in [0.3, 0.4) is 0 Å². The second-order valence-electron chi connectivity index (χ2n) is 6.07. The van der Waals surface area contributed by atoms with Gasteiger partial charge in [0.2, 0.25) is 0 Å². The smallest absolute Gasteiger partial charge is 0.454 e. The van der Waals surface area contributed by atoms with Crippen LogP contribution in [0.5, 0.6) is 0 Å². The molecule has 0 rings (SSSR count). The standard InChI is InChI=1S/C11H4F18O5S/c12-2(13)5(16,17)8(22,23)10(26,27)11(28,29)9(24,25)7(20,21)4(14,15)1-34-3(30)6(18,19)35(31,32)33/h2H,1H2,(H,31,32,33). The minimum Gasteiger partial charge on any atom is -0.454 e. The minimum absolute atomic E-state index is 2.44. The normalized spacial score (nSPS) is 16.0. The van der Waals surface area contributed by atoms with E-state index in [1.54, 1.807) is 0 Å². The highest BCUT2D eigenvalue weighted by Crippen LogP contribution is 2.62. The Hall–Kier alpha value is -1.88. The lowest BCUT2D eigenvalue weighted by molar-refractivity contribution is -0.447. The molecule has 0 aliphatic carbocycles. The number of hydrogen-bond donors (Lipinski definition) is 1. The van der Waals surface area contributed by atoms with Gasteiger partial charge in [0, 0.05) is 0 Å². The summed E-state index contributed by atoms with van der Waals surface area (Å²) in [6, 6.07) is 0.